The molecule has 0 aliphatic heterocycles. The summed E-state index contributed by atoms with van der Waals surface area (Å²) in [5.74, 6) is -1.08. The minimum atomic E-state index is -1.08. The van der Waals surface area contributed by atoms with Crippen molar-refractivity contribution in [2.75, 3.05) is 13.7 Å². The number of hydrogen-bond donors (Lipinski definition) is 1. The highest BCUT2D eigenvalue weighted by molar-refractivity contribution is 7.19. The van der Waals surface area contributed by atoms with E-state index < -0.39 is 5.97 Å². The summed E-state index contributed by atoms with van der Waals surface area (Å²) >= 11 is 1.46. The van der Waals surface area contributed by atoms with Crippen molar-refractivity contribution in [3.8, 4) is 0 Å². The van der Waals surface area contributed by atoms with E-state index in [9.17, 15) is 14.7 Å². The van der Waals surface area contributed by atoms with Gasteiger partial charge in [0.2, 0.25) is 0 Å². The molecule has 2 rings (SSSR count). The van der Waals surface area contributed by atoms with Gasteiger partial charge in [-0.05, 0) is 31.9 Å². The van der Waals surface area contributed by atoms with Crippen LogP contribution in [0.5, 0.6) is 0 Å². The van der Waals surface area contributed by atoms with Crippen LogP contribution >= 0.6 is 11.3 Å². The fourth-order valence-corrected chi connectivity index (χ4v) is 3.33. The van der Waals surface area contributed by atoms with Crippen LogP contribution in [0.2, 0.25) is 0 Å². The van der Waals surface area contributed by atoms with E-state index in [0.29, 0.717) is 25.0 Å². The number of methoxy groups -OCH3 is 1. The third kappa shape index (κ3) is 2.48. The van der Waals surface area contributed by atoms with Gasteiger partial charge in [-0.25, -0.2) is 4.79 Å². The highest BCUT2D eigenvalue weighted by atomic mass is 32.1. The highest BCUT2D eigenvalue weighted by Gasteiger charge is 2.18. The summed E-state index contributed by atoms with van der Waals surface area (Å²) in [4.78, 5) is 24.9. The molecule has 1 N–H and O–H groups in total. The molecule has 0 saturated carbocycles. The first-order chi connectivity index (χ1) is 9.47. The molecule has 2 aromatic heterocycles. The number of aromatic carboxylic acids is 1. The molecule has 5 nitrogen and oxygen atoms in total. The van der Waals surface area contributed by atoms with Crippen LogP contribution in [0.4, 0.5) is 0 Å². The van der Waals surface area contributed by atoms with Gasteiger partial charge in [0.15, 0.2) is 0 Å². The molecule has 0 amide bonds. The number of pyridine rings is 1. The largest absolute Gasteiger partial charge is 0.477 e. The van der Waals surface area contributed by atoms with E-state index in [4.69, 9.17) is 4.74 Å². The van der Waals surface area contributed by atoms with Crippen LogP contribution < -0.4 is 5.56 Å². The van der Waals surface area contributed by atoms with Gasteiger partial charge in [-0.3, -0.25) is 4.79 Å². The Morgan fingerprint density at radius 3 is 2.75 bits per heavy atom. The van der Waals surface area contributed by atoms with Crippen LogP contribution in [-0.4, -0.2) is 29.4 Å². The van der Waals surface area contributed by atoms with Crippen molar-refractivity contribution in [1.82, 2.24) is 4.57 Å². The molecule has 108 valence electrons. The predicted octanol–water partition coefficient (Wildman–Crippen LogP) is 2.41. The summed E-state index contributed by atoms with van der Waals surface area (Å²) in [6.07, 6.45) is 0.602. The van der Waals surface area contributed by atoms with Gasteiger partial charge in [-0.15, -0.1) is 11.3 Å². The van der Waals surface area contributed by atoms with Crippen LogP contribution in [0, 0.1) is 13.8 Å². The molecule has 0 bridgehead atoms. The Bertz CT molecular complexity index is 714. The minimum Gasteiger partial charge on any atom is -0.477 e. The van der Waals surface area contributed by atoms with Crippen LogP contribution in [0.25, 0.3) is 10.1 Å². The third-order valence-electron chi connectivity index (χ3n) is 3.38. The van der Waals surface area contributed by atoms with Gasteiger partial charge in [0.25, 0.3) is 5.56 Å². The maximum absolute atomic E-state index is 12.5. The van der Waals surface area contributed by atoms with Gasteiger partial charge in [-0.1, -0.05) is 0 Å². The summed E-state index contributed by atoms with van der Waals surface area (Å²) in [6.45, 7) is 4.68. The lowest BCUT2D eigenvalue weighted by Crippen LogP contribution is -2.26. The monoisotopic (exact) mass is 295 g/mol. The number of thiophene rings is 1. The molecule has 2 aromatic rings. The lowest BCUT2D eigenvalue weighted by atomic mass is 10.1. The summed E-state index contributed by atoms with van der Waals surface area (Å²) in [5.41, 5.74) is 0.755. The van der Waals surface area contributed by atoms with E-state index in [1.807, 2.05) is 13.8 Å². The molecule has 0 aromatic carbocycles. The van der Waals surface area contributed by atoms with Gasteiger partial charge >= 0.3 is 5.97 Å². The maximum atomic E-state index is 12.5. The Labute approximate surface area is 120 Å². The SMILES string of the molecule is COCCCn1c(C(=O)O)cc2sc(C)c(C)c2c1=O. The molecule has 0 atom stereocenters. The normalized spacial score (nSPS) is 11.2. The van der Waals surface area contributed by atoms with E-state index in [1.54, 1.807) is 13.2 Å². The van der Waals surface area contributed by atoms with E-state index in [-0.39, 0.29) is 11.3 Å². The van der Waals surface area contributed by atoms with Crippen LogP contribution in [0.15, 0.2) is 10.9 Å². The molecule has 0 unspecified atom stereocenters. The molecule has 0 saturated heterocycles. The van der Waals surface area contributed by atoms with Crippen molar-refractivity contribution in [2.24, 2.45) is 0 Å². The smallest absolute Gasteiger partial charge is 0.352 e. The molecular formula is C14H17NO4S. The highest BCUT2D eigenvalue weighted by Crippen LogP contribution is 2.28. The number of hydrogen-bond acceptors (Lipinski definition) is 4. The minimum absolute atomic E-state index is 0.0415. The van der Waals surface area contributed by atoms with E-state index in [0.717, 1.165) is 15.1 Å². The molecule has 0 aliphatic rings. The van der Waals surface area contributed by atoms with E-state index in [1.165, 1.54) is 15.9 Å². The van der Waals surface area contributed by atoms with E-state index in [2.05, 4.69) is 0 Å². The first kappa shape index (κ1) is 14.7. The zero-order chi connectivity index (χ0) is 14.9. The first-order valence-corrected chi connectivity index (χ1v) is 7.14. The average molecular weight is 295 g/mol. The van der Waals surface area contributed by atoms with Crippen LogP contribution in [0.1, 0.15) is 27.3 Å². The topological polar surface area (TPSA) is 68.5 Å². The number of nitrogens with zero attached hydrogens (tertiary/aromatic N) is 1. The van der Waals surface area contributed by atoms with Crippen molar-refractivity contribution in [1.29, 1.82) is 0 Å². The predicted molar refractivity (Wildman–Crippen MR) is 79.0 cm³/mol. The summed E-state index contributed by atoms with van der Waals surface area (Å²) < 4.78 is 7.04. The van der Waals surface area contributed by atoms with Gasteiger partial charge < -0.3 is 14.4 Å². The Kier molecular flexibility index (Phi) is 4.25. The average Bonchev–Trinajstić information content (AvgIpc) is 2.67. The number of fused-ring (bicyclic) bond motifs is 1. The quantitative estimate of drug-likeness (QED) is 0.860. The van der Waals surface area contributed by atoms with Gasteiger partial charge in [0, 0.05) is 29.8 Å². The molecule has 0 aliphatic carbocycles. The zero-order valence-corrected chi connectivity index (χ0v) is 12.5. The molecule has 0 radical (unpaired) electrons. The molecular weight excluding hydrogens is 278 g/mol. The number of carboxylic acid groups (broad SMARTS) is 1. The summed E-state index contributed by atoms with van der Waals surface area (Å²) in [7, 11) is 1.58. The standard InChI is InChI=1S/C14H17NO4S/c1-8-9(2)20-11-7-10(14(17)18)15(5-4-6-19-3)13(16)12(8)11/h7H,4-6H2,1-3H3,(H,17,18). The lowest BCUT2D eigenvalue weighted by molar-refractivity contribution is 0.0682. The van der Waals surface area contributed by atoms with Crippen molar-refractivity contribution in [3.63, 3.8) is 0 Å². The summed E-state index contributed by atoms with van der Waals surface area (Å²) in [6, 6.07) is 1.59. The number of aryl methyl sites for hydroxylation is 2. The first-order valence-electron chi connectivity index (χ1n) is 6.33. The number of ether oxygens (including phenoxy) is 1. The molecule has 0 spiro atoms. The van der Waals surface area contributed by atoms with Crippen LogP contribution in [-0.2, 0) is 11.3 Å². The molecule has 6 heteroatoms. The second-order valence-corrected chi connectivity index (χ2v) is 5.92. The number of carboxylic acids is 1. The van der Waals surface area contributed by atoms with Gasteiger partial charge in [0.05, 0.1) is 5.39 Å². The van der Waals surface area contributed by atoms with Crippen molar-refractivity contribution in [3.05, 3.63) is 32.6 Å². The molecule has 20 heavy (non-hydrogen) atoms. The fourth-order valence-electron chi connectivity index (χ4n) is 2.23. The lowest BCUT2D eigenvalue weighted by Gasteiger charge is -2.10. The zero-order valence-electron chi connectivity index (χ0n) is 11.7. The number of aromatic nitrogens is 1. The number of carbonyl (C=O) groups is 1. The Morgan fingerprint density at radius 2 is 2.15 bits per heavy atom. The van der Waals surface area contributed by atoms with Gasteiger partial charge in [0.1, 0.15) is 5.69 Å². The van der Waals surface area contributed by atoms with Crippen LogP contribution in [0.3, 0.4) is 0 Å². The Balaban J connectivity index is 2.65. The third-order valence-corrected chi connectivity index (χ3v) is 4.53. The molecule has 0 fully saturated rings. The number of rotatable bonds is 5. The van der Waals surface area contributed by atoms with Crippen molar-refractivity contribution >= 4 is 27.4 Å². The van der Waals surface area contributed by atoms with Gasteiger partial charge in [-0.2, -0.15) is 0 Å². The Hall–Kier alpha value is -1.66. The fraction of sp³-hybridized carbons (Fsp3) is 0.429. The molecule has 2 heterocycles. The van der Waals surface area contributed by atoms with Crippen molar-refractivity contribution in [2.45, 2.75) is 26.8 Å². The van der Waals surface area contributed by atoms with E-state index >= 15 is 0 Å². The second-order valence-electron chi connectivity index (χ2n) is 4.66. The van der Waals surface area contributed by atoms with Crippen molar-refractivity contribution < 1.29 is 14.6 Å². The summed E-state index contributed by atoms with van der Waals surface area (Å²) in [5, 5.41) is 9.93. The Morgan fingerprint density at radius 1 is 1.45 bits per heavy atom. The maximum Gasteiger partial charge on any atom is 0.352 e. The second kappa shape index (κ2) is 5.76.